The molecule has 3 rings (SSSR count). The Morgan fingerprint density at radius 2 is 1.53 bits per heavy atom. The monoisotopic (exact) mass is 508 g/mol. The number of Topliss-reactive ketones (excluding diaryl/α,β-unsaturated/α-hetero) is 1. The Morgan fingerprint density at radius 3 is 2.06 bits per heavy atom. The number of carbonyl (C=O) groups excluding carboxylic acids is 3. The van der Waals surface area contributed by atoms with Crippen molar-refractivity contribution in [1.29, 1.82) is 0 Å². The van der Waals surface area contributed by atoms with Gasteiger partial charge in [0, 0.05) is 12.6 Å². The summed E-state index contributed by atoms with van der Waals surface area (Å²) in [5.41, 5.74) is 1.48. The molecule has 1 amide bonds. The van der Waals surface area contributed by atoms with Crippen molar-refractivity contribution in [2.24, 2.45) is 0 Å². The van der Waals surface area contributed by atoms with Crippen molar-refractivity contribution in [3.05, 3.63) is 64.0 Å². The summed E-state index contributed by atoms with van der Waals surface area (Å²) in [6.45, 7) is 0.162. The molecule has 0 aliphatic carbocycles. The van der Waals surface area contributed by atoms with Crippen molar-refractivity contribution in [2.75, 3.05) is 7.05 Å². The Bertz CT molecular complexity index is 1150. The van der Waals surface area contributed by atoms with Crippen molar-refractivity contribution in [3.63, 3.8) is 0 Å². The summed E-state index contributed by atoms with van der Waals surface area (Å²) in [7, 11) is 1.51. The van der Waals surface area contributed by atoms with Gasteiger partial charge >= 0.3 is 12.4 Å². The molecule has 14 heteroatoms. The number of H-pyrrole nitrogens is 1. The number of amides is 1. The van der Waals surface area contributed by atoms with Crippen LogP contribution in [0, 0.1) is 0 Å². The SMILES string of the molecule is CN(Cc1cc(-c2ccccc2)o[nH+]1)C(=O)c1ccc(C(=O)C(F)(F)F)s1.O=C([O-])C(F)(F)F. The number of thiophene rings is 1. The molecule has 0 spiro atoms. The lowest BCUT2D eigenvalue weighted by Gasteiger charge is -2.12. The van der Waals surface area contributed by atoms with Gasteiger partial charge in [-0.05, 0) is 17.3 Å². The number of nitrogens with zero attached hydrogens (tertiary/aromatic N) is 1. The lowest BCUT2D eigenvalue weighted by molar-refractivity contribution is -0.614. The number of carboxylic acids is 1. The fourth-order valence-corrected chi connectivity index (χ4v) is 3.35. The Kier molecular flexibility index (Phi) is 8.21. The van der Waals surface area contributed by atoms with Crippen molar-refractivity contribution in [1.82, 2.24) is 4.90 Å². The molecule has 2 aromatic heterocycles. The van der Waals surface area contributed by atoms with Crippen LogP contribution in [0.2, 0.25) is 0 Å². The van der Waals surface area contributed by atoms with Gasteiger partial charge in [0.2, 0.25) is 11.5 Å². The van der Waals surface area contributed by atoms with Crippen LogP contribution < -0.4 is 10.3 Å². The van der Waals surface area contributed by atoms with Crippen LogP contribution in [0.25, 0.3) is 11.3 Å². The van der Waals surface area contributed by atoms with Gasteiger partial charge in [-0.1, -0.05) is 30.3 Å². The molecular formula is C20H14F6N2O5S. The molecule has 34 heavy (non-hydrogen) atoms. The molecule has 0 bridgehead atoms. The van der Waals surface area contributed by atoms with E-state index in [-0.39, 0.29) is 11.4 Å². The molecule has 0 aliphatic heterocycles. The van der Waals surface area contributed by atoms with Gasteiger partial charge in [-0.3, -0.25) is 9.59 Å². The van der Waals surface area contributed by atoms with E-state index in [1.54, 1.807) is 6.07 Å². The zero-order valence-electron chi connectivity index (χ0n) is 17.0. The van der Waals surface area contributed by atoms with Crippen LogP contribution in [-0.4, -0.2) is 42.0 Å². The molecule has 182 valence electrons. The van der Waals surface area contributed by atoms with Gasteiger partial charge in [0.15, 0.2) is 0 Å². The van der Waals surface area contributed by atoms with Gasteiger partial charge in [0.1, 0.15) is 12.5 Å². The van der Waals surface area contributed by atoms with Gasteiger partial charge in [-0.15, -0.1) is 11.3 Å². The summed E-state index contributed by atoms with van der Waals surface area (Å²) in [5.74, 6) is -4.85. The van der Waals surface area contributed by atoms with E-state index in [1.807, 2.05) is 30.3 Å². The predicted octanol–water partition coefficient (Wildman–Crippen LogP) is 3.14. The molecule has 0 atom stereocenters. The maximum absolute atomic E-state index is 12.5. The van der Waals surface area contributed by atoms with E-state index < -0.39 is 34.9 Å². The Balaban J connectivity index is 0.000000509. The third-order valence-electron chi connectivity index (χ3n) is 3.94. The van der Waals surface area contributed by atoms with E-state index in [0.717, 1.165) is 11.6 Å². The van der Waals surface area contributed by atoms with E-state index in [2.05, 4.69) is 5.16 Å². The second-order valence-electron chi connectivity index (χ2n) is 6.54. The van der Waals surface area contributed by atoms with Crippen LogP contribution in [0.15, 0.2) is 53.1 Å². The zero-order valence-corrected chi connectivity index (χ0v) is 17.8. The first-order chi connectivity index (χ1) is 15.7. The van der Waals surface area contributed by atoms with E-state index >= 15 is 0 Å². The highest BCUT2D eigenvalue weighted by molar-refractivity contribution is 7.16. The largest absolute Gasteiger partial charge is 0.542 e. The average molecular weight is 508 g/mol. The van der Waals surface area contributed by atoms with Crippen LogP contribution in [-0.2, 0) is 11.3 Å². The molecule has 0 saturated heterocycles. The van der Waals surface area contributed by atoms with Crippen LogP contribution in [0.5, 0.6) is 0 Å². The Hall–Kier alpha value is -3.68. The number of halogens is 6. The Labute approximate surface area is 191 Å². The predicted molar refractivity (Wildman–Crippen MR) is 102 cm³/mol. The number of hydrogen-bond acceptors (Lipinski definition) is 6. The van der Waals surface area contributed by atoms with Gasteiger partial charge in [0.25, 0.3) is 11.7 Å². The normalized spacial score (nSPS) is 11.4. The molecule has 3 aromatic rings. The maximum atomic E-state index is 12.5. The van der Waals surface area contributed by atoms with Crippen LogP contribution >= 0.6 is 11.3 Å². The molecule has 0 fully saturated rings. The summed E-state index contributed by atoms with van der Waals surface area (Å²) in [4.78, 5) is 33.3. The van der Waals surface area contributed by atoms with Gasteiger partial charge < -0.3 is 14.8 Å². The fraction of sp³-hybridized carbons (Fsp3) is 0.200. The van der Waals surface area contributed by atoms with Crippen molar-refractivity contribution in [3.8, 4) is 11.3 Å². The molecule has 0 unspecified atom stereocenters. The highest BCUT2D eigenvalue weighted by atomic mass is 32.1. The zero-order chi connectivity index (χ0) is 25.7. The highest BCUT2D eigenvalue weighted by Gasteiger charge is 2.40. The number of alkyl halides is 6. The average Bonchev–Trinajstić information content (AvgIpc) is 3.42. The standard InChI is InChI=1S/C18H13F3N2O3S.C2HF3O2/c1-23(10-12-9-13(26-22-12)11-5-3-2-4-6-11)17(25)15-8-7-14(27-15)16(24)18(19,20)21;3-2(4,5)1(6)7/h2-9H,10H2,1H3;(H,6,7). The number of benzene rings is 1. The third kappa shape index (κ3) is 7.16. The minimum Gasteiger partial charge on any atom is -0.542 e. The number of hydrogen-bond donors (Lipinski definition) is 0. The second kappa shape index (κ2) is 10.5. The van der Waals surface area contributed by atoms with Crippen LogP contribution in [0.3, 0.4) is 0 Å². The summed E-state index contributed by atoms with van der Waals surface area (Å²) in [6.07, 6.45) is -10.2. The number of ketones is 1. The molecule has 0 saturated carbocycles. The van der Waals surface area contributed by atoms with Crippen LogP contribution in [0.4, 0.5) is 26.3 Å². The number of carboxylic acid groups (broad SMARTS) is 1. The molecule has 1 N–H and O–H groups in total. The topological polar surface area (TPSA) is 105 Å². The van der Waals surface area contributed by atoms with E-state index in [9.17, 15) is 35.9 Å². The lowest BCUT2D eigenvalue weighted by Crippen LogP contribution is -2.37. The third-order valence-corrected chi connectivity index (χ3v) is 5.01. The summed E-state index contributed by atoms with van der Waals surface area (Å²) >= 11 is 0.523. The number of aromatic amines is 1. The van der Waals surface area contributed by atoms with Crippen LogP contribution in [0.1, 0.15) is 25.0 Å². The Morgan fingerprint density at radius 1 is 0.971 bits per heavy atom. The van der Waals surface area contributed by atoms with E-state index in [1.165, 1.54) is 18.0 Å². The van der Waals surface area contributed by atoms with E-state index in [4.69, 9.17) is 14.4 Å². The van der Waals surface area contributed by atoms with Gasteiger partial charge in [-0.25, -0.2) is 4.52 Å². The smallest absolute Gasteiger partial charge is 0.455 e. The first-order valence-corrected chi connectivity index (χ1v) is 9.82. The summed E-state index contributed by atoms with van der Waals surface area (Å²) in [5, 5.41) is 11.5. The number of aromatic nitrogens is 1. The lowest BCUT2D eigenvalue weighted by atomic mass is 10.1. The molecule has 2 heterocycles. The van der Waals surface area contributed by atoms with Crippen molar-refractivity contribution >= 4 is 29.0 Å². The quantitative estimate of drug-likeness (QED) is 0.389. The second-order valence-corrected chi connectivity index (χ2v) is 7.62. The van der Waals surface area contributed by atoms with Gasteiger partial charge in [0.05, 0.1) is 15.8 Å². The van der Waals surface area contributed by atoms with Crippen molar-refractivity contribution < 1.29 is 55.5 Å². The van der Waals surface area contributed by atoms with Crippen molar-refractivity contribution in [2.45, 2.75) is 18.9 Å². The summed E-state index contributed by atoms with van der Waals surface area (Å²) in [6, 6.07) is 13.3. The minimum atomic E-state index is -5.19. The first-order valence-electron chi connectivity index (χ1n) is 9.01. The summed E-state index contributed by atoms with van der Waals surface area (Å²) < 4.78 is 74.4. The van der Waals surface area contributed by atoms with E-state index in [0.29, 0.717) is 22.8 Å². The minimum absolute atomic E-state index is 0.0527. The maximum Gasteiger partial charge on any atom is 0.455 e. The van der Waals surface area contributed by atoms with Gasteiger partial charge in [-0.2, -0.15) is 26.3 Å². The number of nitrogens with one attached hydrogen (secondary N) is 1. The molecule has 7 nitrogen and oxygen atoms in total. The number of carbonyl (C=O) groups is 3. The molecule has 1 aromatic carbocycles. The molecule has 0 aliphatic rings. The fourth-order valence-electron chi connectivity index (χ4n) is 2.39. The number of rotatable bonds is 5. The highest BCUT2D eigenvalue weighted by Crippen LogP contribution is 2.27. The number of aliphatic carboxylic acids is 1. The molecule has 0 radical (unpaired) electrons. The first kappa shape index (κ1) is 26.6. The molecular weight excluding hydrogens is 494 g/mol.